The second-order valence-corrected chi connectivity index (χ2v) is 13.5. The Balaban J connectivity index is 1.33. The molecule has 1 spiro atoms. The average Bonchev–Trinajstić information content (AvgIpc) is 3.48. The lowest BCUT2D eigenvalue weighted by molar-refractivity contribution is -0.186. The van der Waals surface area contributed by atoms with Crippen molar-refractivity contribution in [3.05, 3.63) is 11.1 Å². The zero-order valence-electron chi connectivity index (χ0n) is 23.2. The molecule has 8 nitrogen and oxygen atoms in total. The molecule has 1 saturated heterocycles. The van der Waals surface area contributed by atoms with Crippen molar-refractivity contribution in [1.82, 2.24) is 0 Å². The Morgan fingerprint density at radius 1 is 1.13 bits per heavy atom. The predicted molar refractivity (Wildman–Crippen MR) is 135 cm³/mol. The standard InChI is InChI=1S/C30H42O8/c1-14-10-23(37-27(35)15(14)2)16(3)19-6-7-21-18-11-25-30(38-25)26(34)22(32)12-24(33)28(30,5)20(18)8-9-29(19,21)13-36-17(4)31/h16,18-23,25-26,32,34H,6-13H2,1-5H3. The Kier molecular flexibility index (Phi) is 6.00. The summed E-state index contributed by atoms with van der Waals surface area (Å²) < 4.78 is 17.9. The van der Waals surface area contributed by atoms with E-state index in [1.807, 2.05) is 20.8 Å². The zero-order valence-corrected chi connectivity index (χ0v) is 23.2. The average molecular weight is 531 g/mol. The number of fused-ring (bicyclic) bond motifs is 4. The van der Waals surface area contributed by atoms with Crippen LogP contribution in [0.3, 0.4) is 0 Å². The third-order valence-corrected chi connectivity index (χ3v) is 12.3. The zero-order chi connectivity index (χ0) is 27.4. The number of esters is 2. The van der Waals surface area contributed by atoms with Crippen molar-refractivity contribution in [2.45, 2.75) is 110 Å². The summed E-state index contributed by atoms with van der Waals surface area (Å²) in [5.74, 6) is 0.255. The first-order chi connectivity index (χ1) is 17.9. The van der Waals surface area contributed by atoms with Gasteiger partial charge in [0.1, 0.15) is 23.6 Å². The minimum absolute atomic E-state index is 0.00495. The van der Waals surface area contributed by atoms with Gasteiger partial charge in [0.05, 0.1) is 24.2 Å². The first-order valence-electron chi connectivity index (χ1n) is 14.5. The van der Waals surface area contributed by atoms with E-state index in [1.54, 1.807) is 0 Å². The van der Waals surface area contributed by atoms with Gasteiger partial charge in [0.15, 0.2) is 0 Å². The smallest absolute Gasteiger partial charge is 0.333 e. The van der Waals surface area contributed by atoms with Crippen molar-refractivity contribution >= 4 is 17.7 Å². The molecule has 4 aliphatic carbocycles. The maximum Gasteiger partial charge on any atom is 0.333 e. The number of hydrogen-bond donors (Lipinski definition) is 2. The van der Waals surface area contributed by atoms with Crippen LogP contribution in [0.5, 0.6) is 0 Å². The van der Waals surface area contributed by atoms with Crippen molar-refractivity contribution in [1.29, 1.82) is 0 Å². The van der Waals surface area contributed by atoms with Gasteiger partial charge in [0.2, 0.25) is 0 Å². The number of cyclic esters (lactones) is 1. The number of ether oxygens (including phenoxy) is 3. The largest absolute Gasteiger partial charge is 0.465 e. The molecule has 210 valence electrons. The van der Waals surface area contributed by atoms with Crippen LogP contribution in [0.1, 0.15) is 79.6 Å². The summed E-state index contributed by atoms with van der Waals surface area (Å²) in [6, 6.07) is 0. The van der Waals surface area contributed by atoms with Crippen molar-refractivity contribution < 1.29 is 38.8 Å². The summed E-state index contributed by atoms with van der Waals surface area (Å²) in [4.78, 5) is 38.2. The molecule has 6 rings (SSSR count). The van der Waals surface area contributed by atoms with Gasteiger partial charge in [0, 0.05) is 30.8 Å². The van der Waals surface area contributed by atoms with Crippen LogP contribution < -0.4 is 0 Å². The molecule has 38 heavy (non-hydrogen) atoms. The molecular formula is C30H42O8. The van der Waals surface area contributed by atoms with Crippen LogP contribution in [0.2, 0.25) is 0 Å². The molecule has 2 aliphatic heterocycles. The van der Waals surface area contributed by atoms with Crippen LogP contribution in [-0.4, -0.2) is 64.6 Å². The number of aliphatic hydroxyl groups excluding tert-OH is 2. The minimum atomic E-state index is -1.08. The van der Waals surface area contributed by atoms with E-state index in [0.29, 0.717) is 12.2 Å². The number of carbonyl (C=O) groups is 3. The number of ketones is 1. The van der Waals surface area contributed by atoms with Gasteiger partial charge in [-0.3, -0.25) is 9.59 Å². The molecule has 0 bridgehead atoms. The second kappa shape index (κ2) is 8.61. The molecule has 2 heterocycles. The maximum atomic E-state index is 13.6. The molecular weight excluding hydrogens is 488 g/mol. The van der Waals surface area contributed by atoms with E-state index in [9.17, 15) is 24.6 Å². The molecule has 0 radical (unpaired) electrons. The van der Waals surface area contributed by atoms with Gasteiger partial charge in [-0.2, -0.15) is 0 Å². The number of carbonyl (C=O) groups excluding carboxylic acids is 3. The first-order valence-corrected chi connectivity index (χ1v) is 14.5. The van der Waals surface area contributed by atoms with Gasteiger partial charge in [-0.1, -0.05) is 12.5 Å². The summed E-state index contributed by atoms with van der Waals surface area (Å²) in [6.45, 7) is 9.76. The van der Waals surface area contributed by atoms with Crippen LogP contribution in [0.25, 0.3) is 0 Å². The monoisotopic (exact) mass is 530 g/mol. The number of epoxide rings is 1. The fourth-order valence-electron chi connectivity index (χ4n) is 10.2. The molecule has 4 saturated carbocycles. The third kappa shape index (κ3) is 3.29. The summed E-state index contributed by atoms with van der Waals surface area (Å²) in [5, 5.41) is 21.5. The molecule has 5 fully saturated rings. The number of hydrogen-bond acceptors (Lipinski definition) is 8. The van der Waals surface area contributed by atoms with Gasteiger partial charge in [0.25, 0.3) is 0 Å². The van der Waals surface area contributed by atoms with E-state index in [1.165, 1.54) is 6.92 Å². The van der Waals surface area contributed by atoms with Crippen molar-refractivity contribution in [3.8, 4) is 0 Å². The Morgan fingerprint density at radius 2 is 1.87 bits per heavy atom. The molecule has 8 heteroatoms. The highest BCUT2D eigenvalue weighted by atomic mass is 16.6. The lowest BCUT2D eigenvalue weighted by Gasteiger charge is -2.59. The quantitative estimate of drug-likeness (QED) is 0.420. The highest BCUT2D eigenvalue weighted by Gasteiger charge is 2.82. The summed E-state index contributed by atoms with van der Waals surface area (Å²) >= 11 is 0. The molecule has 0 aromatic carbocycles. The Labute approximate surface area is 224 Å². The van der Waals surface area contributed by atoms with Gasteiger partial charge in [-0.05, 0) is 82.5 Å². The lowest BCUT2D eigenvalue weighted by atomic mass is 9.43. The second-order valence-electron chi connectivity index (χ2n) is 13.5. The predicted octanol–water partition coefficient (Wildman–Crippen LogP) is 3.12. The van der Waals surface area contributed by atoms with E-state index in [-0.39, 0.29) is 71.4 Å². The summed E-state index contributed by atoms with van der Waals surface area (Å²) in [6.07, 6.45) is 2.32. The van der Waals surface area contributed by atoms with Crippen molar-refractivity contribution in [2.75, 3.05) is 6.61 Å². The van der Waals surface area contributed by atoms with Gasteiger partial charge >= 0.3 is 11.9 Å². The first kappa shape index (κ1) is 26.5. The van der Waals surface area contributed by atoms with Gasteiger partial charge in [-0.15, -0.1) is 0 Å². The van der Waals surface area contributed by atoms with Crippen LogP contribution in [0.15, 0.2) is 11.1 Å². The SMILES string of the molecule is CC(=O)OCC12CCC3C(CC4OC45C(O)C(O)CC(=O)C35C)C1CCC2C(C)C1CC(C)=C(C)C(=O)O1. The Morgan fingerprint density at radius 3 is 2.55 bits per heavy atom. The molecule has 0 aromatic rings. The Hall–Kier alpha value is -1.77. The van der Waals surface area contributed by atoms with E-state index in [2.05, 4.69) is 6.92 Å². The maximum absolute atomic E-state index is 13.6. The van der Waals surface area contributed by atoms with Crippen LogP contribution >= 0.6 is 0 Å². The van der Waals surface area contributed by atoms with Gasteiger partial charge < -0.3 is 24.4 Å². The summed E-state index contributed by atoms with van der Waals surface area (Å²) in [5.41, 5.74) is -0.314. The fraction of sp³-hybridized carbons (Fsp3) is 0.833. The van der Waals surface area contributed by atoms with Gasteiger partial charge in [-0.25, -0.2) is 4.79 Å². The molecule has 0 amide bonds. The van der Waals surface area contributed by atoms with Crippen LogP contribution in [0, 0.1) is 40.4 Å². The number of rotatable bonds is 4. The molecule has 6 aliphatic rings. The lowest BCUT2D eigenvalue weighted by Crippen LogP contribution is -2.68. The van der Waals surface area contributed by atoms with Crippen LogP contribution in [-0.2, 0) is 28.6 Å². The third-order valence-electron chi connectivity index (χ3n) is 12.3. The topological polar surface area (TPSA) is 123 Å². The number of Topliss-reactive ketones (excluding diaryl/α,β-unsaturated/α-hetero) is 1. The molecule has 12 atom stereocenters. The minimum Gasteiger partial charge on any atom is -0.465 e. The Bertz CT molecular complexity index is 1100. The fourth-order valence-corrected chi connectivity index (χ4v) is 10.2. The van der Waals surface area contributed by atoms with E-state index < -0.39 is 23.2 Å². The van der Waals surface area contributed by atoms with E-state index >= 15 is 0 Å². The molecule has 0 aromatic heterocycles. The summed E-state index contributed by atoms with van der Waals surface area (Å²) in [7, 11) is 0. The highest BCUT2D eigenvalue weighted by Crippen LogP contribution is 2.73. The van der Waals surface area contributed by atoms with Crippen molar-refractivity contribution in [3.63, 3.8) is 0 Å². The molecule has 12 unspecified atom stereocenters. The normalized spacial score (nSPS) is 50.3. The number of aliphatic hydroxyl groups is 2. The van der Waals surface area contributed by atoms with Crippen LogP contribution in [0.4, 0.5) is 0 Å². The van der Waals surface area contributed by atoms with Crippen molar-refractivity contribution in [2.24, 2.45) is 40.4 Å². The molecule has 2 N–H and O–H groups in total. The van der Waals surface area contributed by atoms with E-state index in [4.69, 9.17) is 14.2 Å². The van der Waals surface area contributed by atoms with E-state index in [0.717, 1.165) is 44.1 Å². The highest BCUT2D eigenvalue weighted by molar-refractivity contribution is 5.90.